The molecule has 0 unspecified atom stereocenters. The van der Waals surface area contributed by atoms with E-state index in [1.165, 1.54) is 18.5 Å². The van der Waals surface area contributed by atoms with Gasteiger partial charge in [0.25, 0.3) is 0 Å². The lowest BCUT2D eigenvalue weighted by Gasteiger charge is -2.09. The molecule has 0 aliphatic carbocycles. The number of hydrogen-bond donors (Lipinski definition) is 2. The maximum Gasteiger partial charge on any atom is 0.416 e. The average Bonchev–Trinajstić information content (AvgIpc) is 2.55. The molecule has 0 aliphatic heterocycles. The molecule has 2 amide bonds. The van der Waals surface area contributed by atoms with Gasteiger partial charge in [0.1, 0.15) is 0 Å². The molecule has 0 fully saturated rings. The first-order chi connectivity index (χ1) is 11.4. The predicted octanol–water partition coefficient (Wildman–Crippen LogP) is 2.19. The largest absolute Gasteiger partial charge is 0.416 e. The number of aromatic nitrogens is 1. The van der Waals surface area contributed by atoms with Gasteiger partial charge in [-0.15, -0.1) is 0 Å². The topological polar surface area (TPSA) is 83.5 Å². The van der Waals surface area contributed by atoms with Gasteiger partial charge in [0.15, 0.2) is 0 Å². The van der Waals surface area contributed by atoms with E-state index in [-0.39, 0.29) is 5.69 Å². The maximum absolute atomic E-state index is 12.6. The van der Waals surface area contributed by atoms with Gasteiger partial charge in [-0.05, 0) is 24.3 Å². The van der Waals surface area contributed by atoms with Crippen molar-refractivity contribution in [1.82, 2.24) is 10.4 Å². The number of benzene rings is 1. The van der Waals surface area contributed by atoms with Crippen LogP contribution < -0.4 is 10.7 Å². The first kappa shape index (κ1) is 17.1. The van der Waals surface area contributed by atoms with Gasteiger partial charge < -0.3 is 5.32 Å². The lowest BCUT2D eigenvalue weighted by molar-refractivity contribution is -0.137. The molecule has 2 rings (SSSR count). The van der Waals surface area contributed by atoms with Crippen LogP contribution >= 0.6 is 0 Å². The smallest absolute Gasteiger partial charge is 0.318 e. The van der Waals surface area contributed by atoms with Gasteiger partial charge >= 0.3 is 18.0 Å². The second kappa shape index (κ2) is 7.36. The van der Waals surface area contributed by atoms with E-state index < -0.39 is 23.6 Å². The van der Waals surface area contributed by atoms with Crippen LogP contribution in [0.2, 0.25) is 0 Å². The fourth-order valence-corrected chi connectivity index (χ4v) is 1.63. The van der Waals surface area contributed by atoms with Crippen molar-refractivity contribution in [2.24, 2.45) is 5.10 Å². The standard InChI is InChI=1S/C15H11F3N4O2/c16-15(17,18)11-4-1-5-12(7-11)21-13(23)14(24)22-20-9-10-3-2-6-19-8-10/h1-9H,(H,21,23)(H,22,24). The highest BCUT2D eigenvalue weighted by Crippen LogP contribution is 2.30. The molecular weight excluding hydrogens is 325 g/mol. The summed E-state index contributed by atoms with van der Waals surface area (Å²) in [6.45, 7) is 0. The lowest BCUT2D eigenvalue weighted by atomic mass is 10.2. The van der Waals surface area contributed by atoms with Crippen LogP contribution in [0.5, 0.6) is 0 Å². The molecule has 1 aromatic heterocycles. The first-order valence-corrected chi connectivity index (χ1v) is 6.58. The third-order valence-corrected chi connectivity index (χ3v) is 2.72. The van der Waals surface area contributed by atoms with Crippen molar-refractivity contribution < 1.29 is 22.8 Å². The summed E-state index contributed by atoms with van der Waals surface area (Å²) in [5.41, 5.74) is 1.47. The summed E-state index contributed by atoms with van der Waals surface area (Å²) < 4.78 is 37.7. The molecule has 1 heterocycles. The number of hydrogen-bond acceptors (Lipinski definition) is 4. The second-order valence-corrected chi connectivity index (χ2v) is 4.52. The summed E-state index contributed by atoms with van der Waals surface area (Å²) in [6.07, 6.45) is -0.240. The number of amides is 2. The number of nitrogens with zero attached hydrogens (tertiary/aromatic N) is 2. The maximum atomic E-state index is 12.6. The minimum atomic E-state index is -4.54. The van der Waals surface area contributed by atoms with Gasteiger partial charge in [-0.2, -0.15) is 18.3 Å². The van der Waals surface area contributed by atoms with Gasteiger partial charge in [0.2, 0.25) is 0 Å². The highest BCUT2D eigenvalue weighted by Gasteiger charge is 2.30. The second-order valence-electron chi connectivity index (χ2n) is 4.52. The Hall–Kier alpha value is -3.23. The Kier molecular flexibility index (Phi) is 5.25. The Balaban J connectivity index is 1.95. The molecule has 124 valence electrons. The molecule has 0 bridgehead atoms. The van der Waals surface area contributed by atoms with E-state index in [0.29, 0.717) is 5.56 Å². The van der Waals surface area contributed by atoms with E-state index in [4.69, 9.17) is 0 Å². The zero-order chi connectivity index (χ0) is 17.6. The van der Waals surface area contributed by atoms with Crippen molar-refractivity contribution in [2.75, 3.05) is 5.32 Å². The van der Waals surface area contributed by atoms with Crippen LogP contribution in [0.4, 0.5) is 18.9 Å². The Morgan fingerprint density at radius 1 is 1.12 bits per heavy atom. The number of pyridine rings is 1. The number of carbonyl (C=O) groups is 2. The number of carbonyl (C=O) groups excluding carboxylic acids is 2. The third kappa shape index (κ3) is 4.90. The van der Waals surface area contributed by atoms with Crippen LogP contribution in [0.15, 0.2) is 53.9 Å². The fraction of sp³-hybridized carbons (Fsp3) is 0.0667. The van der Waals surface area contributed by atoms with Gasteiger partial charge in [0.05, 0.1) is 11.8 Å². The summed E-state index contributed by atoms with van der Waals surface area (Å²) in [4.78, 5) is 27.0. The van der Waals surface area contributed by atoms with Crippen LogP contribution in [0.1, 0.15) is 11.1 Å². The zero-order valence-electron chi connectivity index (χ0n) is 12.0. The van der Waals surface area contributed by atoms with Crippen molar-refractivity contribution in [2.45, 2.75) is 6.18 Å². The molecular formula is C15H11F3N4O2. The fourth-order valence-electron chi connectivity index (χ4n) is 1.63. The van der Waals surface area contributed by atoms with Crippen LogP contribution in [-0.4, -0.2) is 23.0 Å². The molecule has 6 nitrogen and oxygen atoms in total. The Morgan fingerprint density at radius 3 is 2.58 bits per heavy atom. The Morgan fingerprint density at radius 2 is 1.92 bits per heavy atom. The van der Waals surface area contributed by atoms with Crippen molar-refractivity contribution in [3.8, 4) is 0 Å². The van der Waals surface area contributed by atoms with Crippen LogP contribution in [-0.2, 0) is 15.8 Å². The Labute approximate surface area is 134 Å². The molecule has 24 heavy (non-hydrogen) atoms. The minimum absolute atomic E-state index is 0.152. The number of rotatable bonds is 3. The summed E-state index contributed by atoms with van der Waals surface area (Å²) in [5.74, 6) is -2.26. The third-order valence-electron chi connectivity index (χ3n) is 2.72. The number of anilines is 1. The van der Waals surface area contributed by atoms with Crippen molar-refractivity contribution >= 4 is 23.7 Å². The molecule has 0 saturated carbocycles. The predicted molar refractivity (Wildman–Crippen MR) is 80.0 cm³/mol. The average molecular weight is 336 g/mol. The molecule has 0 spiro atoms. The van der Waals surface area contributed by atoms with E-state index in [1.54, 1.807) is 18.3 Å². The van der Waals surface area contributed by atoms with Crippen molar-refractivity contribution in [3.63, 3.8) is 0 Å². The normalized spacial score (nSPS) is 11.3. The quantitative estimate of drug-likeness (QED) is 0.512. The molecule has 0 aliphatic rings. The van der Waals surface area contributed by atoms with E-state index in [2.05, 4.69) is 15.4 Å². The van der Waals surface area contributed by atoms with E-state index in [1.807, 2.05) is 5.43 Å². The molecule has 0 radical (unpaired) electrons. The number of alkyl halides is 3. The van der Waals surface area contributed by atoms with Crippen LogP contribution in [0, 0.1) is 0 Å². The molecule has 0 saturated heterocycles. The number of hydrazone groups is 1. The minimum Gasteiger partial charge on any atom is -0.318 e. The molecule has 9 heteroatoms. The molecule has 2 aromatic rings. The van der Waals surface area contributed by atoms with Crippen molar-refractivity contribution in [1.29, 1.82) is 0 Å². The van der Waals surface area contributed by atoms with Crippen molar-refractivity contribution in [3.05, 3.63) is 59.9 Å². The number of halogens is 3. The van der Waals surface area contributed by atoms with Gasteiger partial charge in [-0.1, -0.05) is 12.1 Å². The van der Waals surface area contributed by atoms with E-state index >= 15 is 0 Å². The highest BCUT2D eigenvalue weighted by molar-refractivity contribution is 6.39. The molecule has 2 N–H and O–H groups in total. The lowest BCUT2D eigenvalue weighted by Crippen LogP contribution is -2.32. The zero-order valence-corrected chi connectivity index (χ0v) is 12.0. The van der Waals surface area contributed by atoms with Gasteiger partial charge in [-0.25, -0.2) is 5.43 Å². The summed E-state index contributed by atoms with van der Waals surface area (Å²) >= 11 is 0. The summed E-state index contributed by atoms with van der Waals surface area (Å²) in [7, 11) is 0. The summed E-state index contributed by atoms with van der Waals surface area (Å²) in [5, 5.41) is 5.62. The van der Waals surface area contributed by atoms with E-state index in [9.17, 15) is 22.8 Å². The monoisotopic (exact) mass is 336 g/mol. The first-order valence-electron chi connectivity index (χ1n) is 6.58. The van der Waals surface area contributed by atoms with Gasteiger partial charge in [0, 0.05) is 23.6 Å². The van der Waals surface area contributed by atoms with Crippen LogP contribution in [0.3, 0.4) is 0 Å². The Bertz CT molecular complexity index is 761. The van der Waals surface area contributed by atoms with Gasteiger partial charge in [-0.3, -0.25) is 14.6 Å². The number of nitrogens with one attached hydrogen (secondary N) is 2. The van der Waals surface area contributed by atoms with E-state index in [0.717, 1.165) is 18.2 Å². The SMILES string of the molecule is O=C(NN=Cc1cccnc1)C(=O)Nc1cccc(C(F)(F)F)c1. The van der Waals surface area contributed by atoms with Crippen LogP contribution in [0.25, 0.3) is 0 Å². The molecule has 1 aromatic carbocycles. The highest BCUT2D eigenvalue weighted by atomic mass is 19.4. The molecule has 0 atom stereocenters. The summed E-state index contributed by atoms with van der Waals surface area (Å²) in [6, 6.07) is 7.27.